The van der Waals surface area contributed by atoms with Crippen molar-refractivity contribution in [2.45, 2.75) is 5.16 Å². The third-order valence-corrected chi connectivity index (χ3v) is 4.15. The molecule has 4 aromatic rings. The number of methoxy groups -OCH3 is 1. The second-order valence-corrected chi connectivity index (χ2v) is 5.71. The predicted molar refractivity (Wildman–Crippen MR) is 90.0 cm³/mol. The molecule has 0 spiro atoms. The lowest BCUT2D eigenvalue weighted by Crippen LogP contribution is -2.20. The molecule has 24 heavy (non-hydrogen) atoms. The summed E-state index contributed by atoms with van der Waals surface area (Å²) in [5.41, 5.74) is 1.25. The molecule has 4 rings (SSSR count). The monoisotopic (exact) mass is 340 g/mol. The molecule has 0 aliphatic rings. The average Bonchev–Trinajstić information content (AvgIpc) is 3.06. The molecule has 0 aliphatic heterocycles. The van der Waals surface area contributed by atoms with Gasteiger partial charge in [0, 0.05) is 11.9 Å². The first-order valence-corrected chi connectivity index (χ1v) is 8.27. The van der Waals surface area contributed by atoms with Crippen molar-refractivity contribution in [2.75, 3.05) is 13.4 Å². The van der Waals surface area contributed by atoms with E-state index < -0.39 is 0 Å². The Morgan fingerprint density at radius 1 is 1.12 bits per heavy atom. The molecular weight excluding hydrogens is 328 g/mol. The molecule has 9 heteroatoms. The van der Waals surface area contributed by atoms with Crippen molar-refractivity contribution in [1.29, 1.82) is 0 Å². The quantitative estimate of drug-likeness (QED) is 0.523. The smallest absolute Gasteiger partial charge is 0.285 e. The molecule has 0 bridgehead atoms. The van der Waals surface area contributed by atoms with Crippen LogP contribution in [0.25, 0.3) is 22.5 Å². The van der Waals surface area contributed by atoms with Crippen LogP contribution in [0, 0.1) is 0 Å². The van der Waals surface area contributed by atoms with E-state index in [1.54, 1.807) is 43.6 Å². The van der Waals surface area contributed by atoms with Gasteiger partial charge in [-0.2, -0.15) is 9.50 Å². The van der Waals surface area contributed by atoms with Crippen LogP contribution in [0.1, 0.15) is 0 Å². The molecule has 3 aromatic heterocycles. The third-order valence-electron chi connectivity index (χ3n) is 3.62. The molecule has 1 aromatic carbocycles. The molecule has 0 saturated carbocycles. The highest BCUT2D eigenvalue weighted by Crippen LogP contribution is 2.16. The lowest BCUT2D eigenvalue weighted by molar-refractivity contribution is 0.414. The van der Waals surface area contributed by atoms with Gasteiger partial charge in [-0.05, 0) is 36.6 Å². The highest BCUT2D eigenvalue weighted by molar-refractivity contribution is 7.98. The number of hydrogen-bond acceptors (Lipinski definition) is 7. The van der Waals surface area contributed by atoms with E-state index in [0.717, 1.165) is 5.75 Å². The SMILES string of the molecule is COc1ccc(-n2ccc3c(nnc4nc(SC)nn43)c2=O)cc1. The number of hydrogen-bond donors (Lipinski definition) is 0. The van der Waals surface area contributed by atoms with E-state index in [9.17, 15) is 4.79 Å². The topological polar surface area (TPSA) is 87.2 Å². The number of ether oxygens (including phenoxy) is 1. The maximum atomic E-state index is 12.8. The minimum absolute atomic E-state index is 0.235. The molecule has 0 aliphatic carbocycles. The van der Waals surface area contributed by atoms with Crippen molar-refractivity contribution in [3.8, 4) is 11.4 Å². The largest absolute Gasteiger partial charge is 0.497 e. The first-order chi connectivity index (χ1) is 11.7. The van der Waals surface area contributed by atoms with Gasteiger partial charge in [0.2, 0.25) is 5.16 Å². The van der Waals surface area contributed by atoms with Gasteiger partial charge in [0.05, 0.1) is 7.11 Å². The lowest BCUT2D eigenvalue weighted by atomic mass is 10.3. The van der Waals surface area contributed by atoms with Crippen LogP contribution in [0.15, 0.2) is 46.5 Å². The molecule has 0 atom stereocenters. The maximum absolute atomic E-state index is 12.8. The normalized spacial score (nSPS) is 11.2. The lowest BCUT2D eigenvalue weighted by Gasteiger charge is -2.07. The van der Waals surface area contributed by atoms with Crippen molar-refractivity contribution < 1.29 is 4.74 Å². The molecule has 120 valence electrons. The Hall–Kier alpha value is -2.94. The van der Waals surface area contributed by atoms with Crippen LogP contribution in [-0.4, -0.2) is 42.7 Å². The van der Waals surface area contributed by atoms with Gasteiger partial charge in [-0.25, -0.2) is 0 Å². The first kappa shape index (κ1) is 14.6. The fourth-order valence-electron chi connectivity index (χ4n) is 2.42. The van der Waals surface area contributed by atoms with Crippen LogP contribution in [0.2, 0.25) is 0 Å². The molecule has 0 radical (unpaired) electrons. The number of pyridine rings is 1. The summed E-state index contributed by atoms with van der Waals surface area (Å²) < 4.78 is 8.18. The van der Waals surface area contributed by atoms with Crippen molar-refractivity contribution in [2.24, 2.45) is 0 Å². The van der Waals surface area contributed by atoms with Gasteiger partial charge < -0.3 is 4.74 Å². The van der Waals surface area contributed by atoms with Crippen LogP contribution in [-0.2, 0) is 0 Å². The number of thioether (sulfide) groups is 1. The van der Waals surface area contributed by atoms with Crippen molar-refractivity contribution >= 4 is 28.6 Å². The Kier molecular flexibility index (Phi) is 3.42. The molecule has 0 amide bonds. The summed E-state index contributed by atoms with van der Waals surface area (Å²) in [6, 6.07) is 8.98. The zero-order valence-electron chi connectivity index (χ0n) is 12.9. The molecule has 8 nitrogen and oxygen atoms in total. The summed E-state index contributed by atoms with van der Waals surface area (Å²) in [5.74, 6) is 1.09. The van der Waals surface area contributed by atoms with Gasteiger partial charge in [-0.3, -0.25) is 9.36 Å². The van der Waals surface area contributed by atoms with Crippen LogP contribution < -0.4 is 10.3 Å². The van der Waals surface area contributed by atoms with E-state index in [0.29, 0.717) is 22.1 Å². The summed E-state index contributed by atoms with van der Waals surface area (Å²) in [6.07, 6.45) is 3.56. The number of rotatable bonds is 3. The van der Waals surface area contributed by atoms with E-state index in [-0.39, 0.29) is 11.1 Å². The summed E-state index contributed by atoms with van der Waals surface area (Å²) in [4.78, 5) is 17.0. The molecule has 0 saturated heterocycles. The predicted octanol–water partition coefficient (Wildman–Crippen LogP) is 1.55. The van der Waals surface area contributed by atoms with Gasteiger partial charge >= 0.3 is 0 Å². The molecule has 0 N–H and O–H groups in total. The van der Waals surface area contributed by atoms with Crippen molar-refractivity contribution in [1.82, 2.24) is 29.4 Å². The molecule has 0 unspecified atom stereocenters. The molecule has 3 heterocycles. The standard InChI is InChI=1S/C15H12N6O2S/c1-23-10-5-3-9(4-6-10)20-8-7-11-12(13(20)22)17-18-14-16-15(24-2)19-21(11)14/h3-8H,1-2H3. The summed E-state index contributed by atoms with van der Waals surface area (Å²) in [5, 5.41) is 12.9. The zero-order chi connectivity index (χ0) is 16.7. The van der Waals surface area contributed by atoms with Gasteiger partial charge in [0.1, 0.15) is 11.3 Å². The van der Waals surface area contributed by atoms with Gasteiger partial charge in [0.25, 0.3) is 11.3 Å². The Bertz CT molecular complexity index is 1100. The average molecular weight is 340 g/mol. The summed E-state index contributed by atoms with van der Waals surface area (Å²) in [7, 11) is 1.60. The van der Waals surface area contributed by atoms with Gasteiger partial charge in [-0.1, -0.05) is 11.8 Å². The second-order valence-electron chi connectivity index (χ2n) is 4.93. The molecular formula is C15H12N6O2S. The fraction of sp³-hybridized carbons (Fsp3) is 0.133. The first-order valence-electron chi connectivity index (χ1n) is 7.04. The minimum Gasteiger partial charge on any atom is -0.497 e. The fourth-order valence-corrected chi connectivity index (χ4v) is 2.76. The summed E-state index contributed by atoms with van der Waals surface area (Å²) >= 11 is 1.40. The number of nitrogens with zero attached hydrogens (tertiary/aromatic N) is 6. The Morgan fingerprint density at radius 3 is 2.62 bits per heavy atom. The van der Waals surface area contributed by atoms with Crippen molar-refractivity contribution in [3.05, 3.63) is 46.9 Å². The van der Waals surface area contributed by atoms with E-state index in [1.807, 2.05) is 6.26 Å². The highest BCUT2D eigenvalue weighted by atomic mass is 32.2. The second kappa shape index (κ2) is 5.60. The number of benzene rings is 1. The number of fused-ring (bicyclic) bond motifs is 3. The van der Waals surface area contributed by atoms with Crippen LogP contribution in [0.4, 0.5) is 0 Å². The third kappa shape index (κ3) is 2.21. The van der Waals surface area contributed by atoms with E-state index >= 15 is 0 Å². The Morgan fingerprint density at radius 2 is 1.92 bits per heavy atom. The van der Waals surface area contributed by atoms with Crippen LogP contribution >= 0.6 is 11.8 Å². The van der Waals surface area contributed by atoms with Crippen molar-refractivity contribution in [3.63, 3.8) is 0 Å². The Balaban J connectivity index is 1.94. The van der Waals surface area contributed by atoms with Crippen LogP contribution in [0.5, 0.6) is 5.75 Å². The van der Waals surface area contributed by atoms with Gasteiger partial charge in [0.15, 0.2) is 5.52 Å². The van der Waals surface area contributed by atoms with E-state index in [4.69, 9.17) is 4.74 Å². The minimum atomic E-state index is -0.270. The maximum Gasteiger partial charge on any atom is 0.285 e. The number of aromatic nitrogens is 6. The van der Waals surface area contributed by atoms with E-state index in [1.165, 1.54) is 20.8 Å². The van der Waals surface area contributed by atoms with Crippen LogP contribution in [0.3, 0.4) is 0 Å². The van der Waals surface area contributed by atoms with Gasteiger partial charge in [-0.15, -0.1) is 15.3 Å². The molecule has 0 fully saturated rings. The summed E-state index contributed by atoms with van der Waals surface area (Å²) in [6.45, 7) is 0. The zero-order valence-corrected chi connectivity index (χ0v) is 13.7. The van der Waals surface area contributed by atoms with E-state index in [2.05, 4.69) is 20.3 Å². The highest BCUT2D eigenvalue weighted by Gasteiger charge is 2.13. The Labute approximate surface area is 140 Å².